The van der Waals surface area contributed by atoms with Gasteiger partial charge < -0.3 is 0 Å². The normalized spacial score (nSPS) is 15.2. The molecule has 1 unspecified atom stereocenters. The third kappa shape index (κ3) is 4.12. The molecule has 0 aliphatic rings. The Morgan fingerprint density at radius 1 is 1.33 bits per heavy atom. The Bertz CT molecular complexity index is 343. The maximum atomic E-state index is 13.2. The molecule has 1 aromatic rings. The van der Waals surface area contributed by atoms with Crippen LogP contribution in [0.2, 0.25) is 0 Å². The lowest BCUT2D eigenvalue weighted by Gasteiger charge is -2.15. The predicted octanol–water partition coefficient (Wildman–Crippen LogP) is 2.88. The summed E-state index contributed by atoms with van der Waals surface area (Å²) in [5.74, 6) is 0. The molecule has 1 rings (SSSR count). The molecule has 0 N–H and O–H groups in total. The molecule has 0 heterocycles. The molecule has 0 aromatic heterocycles. The van der Waals surface area contributed by atoms with E-state index in [1.807, 2.05) is 30.3 Å². The van der Waals surface area contributed by atoms with E-state index in [2.05, 4.69) is 0 Å². The number of benzene rings is 1. The minimum absolute atomic E-state index is 0.121. The van der Waals surface area contributed by atoms with Crippen LogP contribution in [-0.2, 0) is 15.5 Å². The first-order valence-electron chi connectivity index (χ1n) is 4.68. The first-order chi connectivity index (χ1) is 7.02. The molecule has 0 aliphatic heterocycles. The Labute approximate surface area is 89.5 Å². The molecule has 0 amide bonds. The molecule has 84 valence electrons. The number of halogens is 1. The Morgan fingerprint density at radius 2 is 1.93 bits per heavy atom. The zero-order valence-corrected chi connectivity index (χ0v) is 9.78. The van der Waals surface area contributed by atoms with E-state index < -0.39 is 7.83 Å². The van der Waals surface area contributed by atoms with Gasteiger partial charge in [0.05, 0.1) is 6.61 Å². The molecule has 0 fully saturated rings. The second-order valence-electron chi connectivity index (χ2n) is 3.37. The molecular weight excluding hydrogens is 216 g/mol. The van der Waals surface area contributed by atoms with E-state index in [0.717, 1.165) is 10.2 Å². The van der Waals surface area contributed by atoms with Gasteiger partial charge in [0.25, 0.3) is 0 Å². The molecule has 1 atom stereocenters. The molecule has 0 aliphatic carbocycles. The smallest absolute Gasteiger partial charge is 0.293 e. The van der Waals surface area contributed by atoms with Gasteiger partial charge in [-0.2, -0.15) is 0 Å². The number of rotatable bonds is 5. The van der Waals surface area contributed by atoms with Gasteiger partial charge in [0, 0.05) is 0 Å². The number of hydrogen-bond acceptors (Lipinski definition) is 2. The van der Waals surface area contributed by atoms with Gasteiger partial charge in [-0.25, -0.2) is 9.24 Å². The SMILES string of the molecule is CN(C)P(=O)(F)OCCc1ccccc1. The first-order valence-corrected chi connectivity index (χ1v) is 6.15. The van der Waals surface area contributed by atoms with Crippen molar-refractivity contribution in [2.45, 2.75) is 6.42 Å². The summed E-state index contributed by atoms with van der Waals surface area (Å²) in [5.41, 5.74) is 1.04. The fourth-order valence-electron chi connectivity index (χ4n) is 1.04. The van der Waals surface area contributed by atoms with Gasteiger partial charge in [-0.05, 0) is 26.1 Å². The van der Waals surface area contributed by atoms with E-state index in [1.54, 1.807) is 0 Å². The summed E-state index contributed by atoms with van der Waals surface area (Å²) in [5, 5.41) is 0. The molecule has 0 saturated heterocycles. The van der Waals surface area contributed by atoms with Gasteiger partial charge in [0.2, 0.25) is 0 Å². The standard InChI is InChI=1S/C10H15FNO2P/c1-12(2)15(11,13)14-9-8-10-6-4-3-5-7-10/h3-7H,8-9H2,1-2H3. The second-order valence-corrected chi connectivity index (χ2v) is 5.33. The summed E-state index contributed by atoms with van der Waals surface area (Å²) in [4.78, 5) is 0. The quantitative estimate of drug-likeness (QED) is 0.730. The van der Waals surface area contributed by atoms with Crippen LogP contribution in [0.1, 0.15) is 5.56 Å². The average molecular weight is 231 g/mol. The summed E-state index contributed by atoms with van der Waals surface area (Å²) >= 11 is 0. The second kappa shape index (κ2) is 5.40. The molecule has 3 nitrogen and oxygen atoms in total. The monoisotopic (exact) mass is 231 g/mol. The molecule has 0 saturated carbocycles. The van der Waals surface area contributed by atoms with Crippen molar-refractivity contribution in [1.82, 2.24) is 4.67 Å². The van der Waals surface area contributed by atoms with Crippen molar-refractivity contribution in [3.8, 4) is 0 Å². The third-order valence-corrected chi connectivity index (χ3v) is 3.42. The Kier molecular flexibility index (Phi) is 4.45. The van der Waals surface area contributed by atoms with Gasteiger partial charge in [0.15, 0.2) is 0 Å². The Morgan fingerprint density at radius 3 is 2.47 bits per heavy atom. The number of nitrogens with zero attached hydrogens (tertiary/aromatic N) is 1. The largest absolute Gasteiger partial charge is 0.444 e. The van der Waals surface area contributed by atoms with Crippen LogP contribution < -0.4 is 0 Å². The fraction of sp³-hybridized carbons (Fsp3) is 0.400. The van der Waals surface area contributed by atoms with Crippen molar-refractivity contribution >= 4 is 7.83 Å². The third-order valence-electron chi connectivity index (χ3n) is 1.96. The van der Waals surface area contributed by atoms with Crippen LogP contribution in [0.3, 0.4) is 0 Å². The van der Waals surface area contributed by atoms with E-state index >= 15 is 0 Å². The Hall–Kier alpha value is -0.700. The molecule has 0 bridgehead atoms. The van der Waals surface area contributed by atoms with Gasteiger partial charge in [-0.1, -0.05) is 30.3 Å². The zero-order chi connectivity index (χ0) is 11.3. The van der Waals surface area contributed by atoms with Crippen LogP contribution in [0.25, 0.3) is 0 Å². The lowest BCUT2D eigenvalue weighted by molar-refractivity contribution is 0.253. The summed E-state index contributed by atoms with van der Waals surface area (Å²) in [6, 6.07) is 9.54. The first kappa shape index (κ1) is 12.4. The van der Waals surface area contributed by atoms with E-state index in [4.69, 9.17) is 4.52 Å². The van der Waals surface area contributed by atoms with Crippen molar-refractivity contribution in [3.63, 3.8) is 0 Å². The fourth-order valence-corrected chi connectivity index (χ4v) is 1.58. The molecular formula is C10H15FNO2P. The highest BCUT2D eigenvalue weighted by atomic mass is 31.2. The summed E-state index contributed by atoms with van der Waals surface area (Å²) in [6.45, 7) is 0.121. The van der Waals surface area contributed by atoms with E-state index in [9.17, 15) is 8.76 Å². The van der Waals surface area contributed by atoms with E-state index in [0.29, 0.717) is 6.42 Å². The minimum Gasteiger partial charge on any atom is -0.293 e. The lowest BCUT2D eigenvalue weighted by Crippen LogP contribution is -2.08. The van der Waals surface area contributed by atoms with Crippen LogP contribution in [0.5, 0.6) is 0 Å². The highest BCUT2D eigenvalue weighted by molar-refractivity contribution is 7.50. The summed E-state index contributed by atoms with van der Waals surface area (Å²) < 4.78 is 30.0. The van der Waals surface area contributed by atoms with Crippen molar-refractivity contribution in [2.24, 2.45) is 0 Å². The maximum absolute atomic E-state index is 13.2. The van der Waals surface area contributed by atoms with E-state index in [-0.39, 0.29) is 6.61 Å². The summed E-state index contributed by atoms with van der Waals surface area (Å²) in [6.07, 6.45) is 0.558. The van der Waals surface area contributed by atoms with Gasteiger partial charge in [-0.3, -0.25) is 4.52 Å². The molecule has 0 radical (unpaired) electrons. The highest BCUT2D eigenvalue weighted by Crippen LogP contribution is 2.50. The molecule has 1 aromatic carbocycles. The molecule has 5 heteroatoms. The Balaban J connectivity index is 2.37. The predicted molar refractivity (Wildman–Crippen MR) is 58.5 cm³/mol. The zero-order valence-electron chi connectivity index (χ0n) is 8.89. The van der Waals surface area contributed by atoms with Crippen LogP contribution in [-0.4, -0.2) is 25.4 Å². The van der Waals surface area contributed by atoms with Crippen molar-refractivity contribution in [1.29, 1.82) is 0 Å². The lowest BCUT2D eigenvalue weighted by atomic mass is 10.2. The molecule has 0 spiro atoms. The highest BCUT2D eigenvalue weighted by Gasteiger charge is 2.24. The molecule has 15 heavy (non-hydrogen) atoms. The average Bonchev–Trinajstić information content (AvgIpc) is 2.19. The van der Waals surface area contributed by atoms with Crippen LogP contribution in [0, 0.1) is 0 Å². The van der Waals surface area contributed by atoms with Crippen LogP contribution in [0.4, 0.5) is 4.20 Å². The van der Waals surface area contributed by atoms with E-state index in [1.165, 1.54) is 14.1 Å². The maximum Gasteiger partial charge on any atom is 0.444 e. The van der Waals surface area contributed by atoms with Crippen LogP contribution >= 0.6 is 7.83 Å². The summed E-state index contributed by atoms with van der Waals surface area (Å²) in [7, 11) is -1.28. The van der Waals surface area contributed by atoms with Crippen molar-refractivity contribution in [3.05, 3.63) is 35.9 Å². The van der Waals surface area contributed by atoms with Crippen molar-refractivity contribution in [2.75, 3.05) is 20.7 Å². The van der Waals surface area contributed by atoms with Gasteiger partial charge in [0.1, 0.15) is 0 Å². The van der Waals surface area contributed by atoms with Crippen molar-refractivity contribution < 1.29 is 13.3 Å². The number of hydrogen-bond donors (Lipinski definition) is 0. The van der Waals surface area contributed by atoms with Gasteiger partial charge in [-0.15, -0.1) is 4.20 Å². The van der Waals surface area contributed by atoms with Crippen LogP contribution in [0.15, 0.2) is 30.3 Å². The topological polar surface area (TPSA) is 29.5 Å². The minimum atomic E-state index is -4.07. The van der Waals surface area contributed by atoms with Gasteiger partial charge >= 0.3 is 7.83 Å².